The summed E-state index contributed by atoms with van der Waals surface area (Å²) in [4.78, 5) is 35.8. The number of hydrogen-bond acceptors (Lipinski definition) is 7. The number of amides is 1. The topological polar surface area (TPSA) is 117 Å². The molecule has 0 bridgehead atoms. The molecule has 164 valence electrons. The van der Waals surface area contributed by atoms with E-state index in [-0.39, 0.29) is 43.5 Å². The Hall–Kier alpha value is -3.46. The quantitative estimate of drug-likeness (QED) is 0.381. The van der Waals surface area contributed by atoms with Gasteiger partial charge in [-0.25, -0.2) is 4.79 Å². The van der Waals surface area contributed by atoms with E-state index in [0.717, 1.165) is 5.56 Å². The lowest BCUT2D eigenvalue weighted by Gasteiger charge is -2.22. The molecule has 0 spiro atoms. The summed E-state index contributed by atoms with van der Waals surface area (Å²) in [6.07, 6.45) is -1.23. The molecule has 1 aliphatic rings. The first-order chi connectivity index (χ1) is 14.9. The van der Waals surface area contributed by atoms with Crippen molar-refractivity contribution in [1.82, 2.24) is 5.32 Å². The second-order valence-corrected chi connectivity index (χ2v) is 7.38. The monoisotopic (exact) mass is 428 g/mol. The number of alkyl carbamates (subject to hydrolysis) is 1. The SMILES string of the molecule is CC(C)C(OC(=O)NCCC(=O)c1c([N+](=O)[O-])ccc2c1COCO2)c1ccccc1. The molecule has 9 heteroatoms. The van der Waals surface area contributed by atoms with Crippen LogP contribution >= 0.6 is 0 Å². The molecule has 0 saturated carbocycles. The number of nitro benzene ring substituents is 1. The van der Waals surface area contributed by atoms with Crippen LogP contribution in [-0.2, 0) is 16.1 Å². The maximum Gasteiger partial charge on any atom is 0.407 e. The van der Waals surface area contributed by atoms with Gasteiger partial charge in [-0.1, -0.05) is 44.2 Å². The third-order valence-electron chi connectivity index (χ3n) is 4.86. The minimum Gasteiger partial charge on any atom is -0.467 e. The largest absolute Gasteiger partial charge is 0.467 e. The van der Waals surface area contributed by atoms with Gasteiger partial charge in [-0.15, -0.1) is 0 Å². The molecule has 3 rings (SSSR count). The van der Waals surface area contributed by atoms with Crippen molar-refractivity contribution in [3.8, 4) is 5.75 Å². The molecule has 2 aromatic carbocycles. The molecule has 0 radical (unpaired) electrons. The molecule has 1 amide bonds. The molecule has 0 aromatic heterocycles. The number of ketones is 1. The molecule has 9 nitrogen and oxygen atoms in total. The van der Waals surface area contributed by atoms with Gasteiger partial charge < -0.3 is 19.5 Å². The van der Waals surface area contributed by atoms with Gasteiger partial charge in [0.05, 0.1) is 11.5 Å². The lowest BCUT2D eigenvalue weighted by atomic mass is 9.98. The number of carbonyl (C=O) groups excluding carboxylic acids is 2. The van der Waals surface area contributed by atoms with Crippen molar-refractivity contribution in [3.05, 3.63) is 69.3 Å². The molecule has 31 heavy (non-hydrogen) atoms. The molecular formula is C22H24N2O7. The van der Waals surface area contributed by atoms with Crippen LogP contribution in [0.1, 0.15) is 47.9 Å². The number of benzene rings is 2. The van der Waals surface area contributed by atoms with Crippen molar-refractivity contribution in [3.63, 3.8) is 0 Å². The van der Waals surface area contributed by atoms with Gasteiger partial charge in [-0.2, -0.15) is 0 Å². The number of carbonyl (C=O) groups is 2. The number of nitrogens with zero attached hydrogens (tertiary/aromatic N) is 1. The van der Waals surface area contributed by atoms with E-state index in [1.807, 2.05) is 44.2 Å². The maximum atomic E-state index is 12.8. The maximum absolute atomic E-state index is 12.8. The smallest absolute Gasteiger partial charge is 0.407 e. The van der Waals surface area contributed by atoms with Gasteiger partial charge in [0.1, 0.15) is 17.4 Å². The van der Waals surface area contributed by atoms with E-state index >= 15 is 0 Å². The van der Waals surface area contributed by atoms with Crippen LogP contribution in [0.3, 0.4) is 0 Å². The van der Waals surface area contributed by atoms with Crippen LogP contribution in [0, 0.1) is 16.0 Å². The summed E-state index contributed by atoms with van der Waals surface area (Å²) in [6.45, 7) is 3.91. The molecule has 0 fully saturated rings. The van der Waals surface area contributed by atoms with E-state index in [1.54, 1.807) is 0 Å². The van der Waals surface area contributed by atoms with E-state index < -0.39 is 22.9 Å². The van der Waals surface area contributed by atoms with Gasteiger partial charge in [-0.05, 0) is 17.5 Å². The third-order valence-corrected chi connectivity index (χ3v) is 4.86. The molecule has 0 saturated heterocycles. The Balaban J connectivity index is 1.64. The number of Topliss-reactive ketones (excluding diaryl/α,β-unsaturated/α-hetero) is 1. The van der Waals surface area contributed by atoms with E-state index in [4.69, 9.17) is 14.2 Å². The molecule has 1 unspecified atom stereocenters. The zero-order chi connectivity index (χ0) is 22.4. The Morgan fingerprint density at radius 3 is 2.61 bits per heavy atom. The third kappa shape index (κ3) is 5.37. The summed E-state index contributed by atoms with van der Waals surface area (Å²) in [7, 11) is 0. The highest BCUT2D eigenvalue weighted by Gasteiger charge is 2.29. The number of nitro groups is 1. The lowest BCUT2D eigenvalue weighted by molar-refractivity contribution is -0.385. The summed E-state index contributed by atoms with van der Waals surface area (Å²) in [5.41, 5.74) is 0.846. The second-order valence-electron chi connectivity index (χ2n) is 7.38. The summed E-state index contributed by atoms with van der Waals surface area (Å²) in [6, 6.07) is 12.1. The fourth-order valence-electron chi connectivity index (χ4n) is 3.40. The molecule has 1 N–H and O–H groups in total. The Labute approximate surface area is 179 Å². The van der Waals surface area contributed by atoms with Crippen molar-refractivity contribution >= 4 is 17.6 Å². The summed E-state index contributed by atoms with van der Waals surface area (Å²) in [5.74, 6) is -0.0510. The van der Waals surface area contributed by atoms with Crippen LogP contribution in [0.2, 0.25) is 0 Å². The highest BCUT2D eigenvalue weighted by molar-refractivity contribution is 6.02. The zero-order valence-electron chi connectivity index (χ0n) is 17.3. The van der Waals surface area contributed by atoms with Crippen molar-refractivity contribution in [2.75, 3.05) is 13.3 Å². The van der Waals surface area contributed by atoms with Gasteiger partial charge >= 0.3 is 6.09 Å². The molecule has 1 aliphatic heterocycles. The molecule has 1 heterocycles. The first-order valence-electron chi connectivity index (χ1n) is 9.92. The highest BCUT2D eigenvalue weighted by Crippen LogP contribution is 2.34. The Morgan fingerprint density at radius 2 is 1.94 bits per heavy atom. The number of rotatable bonds is 8. The van der Waals surface area contributed by atoms with Crippen LogP contribution in [-0.4, -0.2) is 30.1 Å². The van der Waals surface area contributed by atoms with Gasteiger partial charge in [0.2, 0.25) is 0 Å². The van der Waals surface area contributed by atoms with E-state index in [9.17, 15) is 19.7 Å². The van der Waals surface area contributed by atoms with Gasteiger partial charge in [0.15, 0.2) is 12.6 Å². The van der Waals surface area contributed by atoms with Crippen LogP contribution in [0.25, 0.3) is 0 Å². The average molecular weight is 428 g/mol. The highest BCUT2D eigenvalue weighted by atomic mass is 16.7. The minimum absolute atomic E-state index is 0.0181. The van der Waals surface area contributed by atoms with E-state index in [1.165, 1.54) is 12.1 Å². The van der Waals surface area contributed by atoms with Crippen molar-refractivity contribution in [2.24, 2.45) is 5.92 Å². The normalized spacial score (nSPS) is 13.6. The number of fused-ring (bicyclic) bond motifs is 1. The van der Waals surface area contributed by atoms with Crippen LogP contribution < -0.4 is 10.1 Å². The van der Waals surface area contributed by atoms with Crippen LogP contribution in [0.4, 0.5) is 10.5 Å². The van der Waals surface area contributed by atoms with Gasteiger partial charge in [0.25, 0.3) is 5.69 Å². The fraction of sp³-hybridized carbons (Fsp3) is 0.364. The molecule has 1 atom stereocenters. The second kappa shape index (κ2) is 10.0. The van der Waals surface area contributed by atoms with Crippen molar-refractivity contribution < 1.29 is 28.7 Å². The van der Waals surface area contributed by atoms with E-state index in [2.05, 4.69) is 5.32 Å². The van der Waals surface area contributed by atoms with Crippen molar-refractivity contribution in [2.45, 2.75) is 33.0 Å². The van der Waals surface area contributed by atoms with E-state index in [0.29, 0.717) is 11.3 Å². The summed E-state index contributed by atoms with van der Waals surface area (Å²) < 4.78 is 16.0. The summed E-state index contributed by atoms with van der Waals surface area (Å²) in [5, 5.41) is 13.9. The first kappa shape index (κ1) is 22.2. The average Bonchev–Trinajstić information content (AvgIpc) is 2.76. The predicted octanol–water partition coefficient (Wildman–Crippen LogP) is 4.16. The zero-order valence-corrected chi connectivity index (χ0v) is 17.3. The predicted molar refractivity (Wildman–Crippen MR) is 111 cm³/mol. The summed E-state index contributed by atoms with van der Waals surface area (Å²) >= 11 is 0. The molecule has 0 aliphatic carbocycles. The standard InChI is InChI=1S/C22H24N2O7/c1-14(2)21(15-6-4-3-5-7-15)31-22(26)23-11-10-18(25)20-16-12-29-13-30-19(16)9-8-17(20)24(27)28/h3-9,14,21H,10-13H2,1-2H3,(H,23,26). The fourth-order valence-corrected chi connectivity index (χ4v) is 3.40. The number of ether oxygens (including phenoxy) is 3. The lowest BCUT2D eigenvalue weighted by Crippen LogP contribution is -2.29. The Kier molecular flexibility index (Phi) is 7.19. The number of nitrogens with one attached hydrogen (secondary N) is 1. The van der Waals surface area contributed by atoms with Gasteiger partial charge in [-0.3, -0.25) is 14.9 Å². The minimum atomic E-state index is -0.661. The van der Waals surface area contributed by atoms with Crippen LogP contribution in [0.5, 0.6) is 5.75 Å². The van der Waals surface area contributed by atoms with Crippen LogP contribution in [0.15, 0.2) is 42.5 Å². The Bertz CT molecular complexity index is 960. The first-order valence-corrected chi connectivity index (χ1v) is 9.92. The number of hydrogen-bond donors (Lipinski definition) is 1. The van der Waals surface area contributed by atoms with Crippen molar-refractivity contribution in [1.29, 1.82) is 0 Å². The Morgan fingerprint density at radius 1 is 1.19 bits per heavy atom. The molecular weight excluding hydrogens is 404 g/mol. The van der Waals surface area contributed by atoms with Gasteiger partial charge in [0, 0.05) is 24.6 Å². The molecule has 2 aromatic rings.